The summed E-state index contributed by atoms with van der Waals surface area (Å²) in [6.07, 6.45) is 9.78. The predicted octanol–water partition coefficient (Wildman–Crippen LogP) is 3.14. The number of hydrogen-bond donors (Lipinski definition) is 1. The Morgan fingerprint density at radius 1 is 1.44 bits per heavy atom. The zero-order valence-corrected chi connectivity index (χ0v) is 16.9. The smallest absolute Gasteiger partial charge is 0.411 e. The molecular formula is C18H29N5O3S. The number of allylic oxidation sites excluding steroid dienone is 2. The Kier molecular flexibility index (Phi) is 6.80. The number of aromatic nitrogens is 2. The third kappa shape index (κ3) is 5.04. The summed E-state index contributed by atoms with van der Waals surface area (Å²) in [6.45, 7) is 2.59. The first kappa shape index (κ1) is 20.2. The summed E-state index contributed by atoms with van der Waals surface area (Å²) in [7, 11) is 1.85. The lowest BCUT2D eigenvalue weighted by molar-refractivity contribution is 0.0441. The van der Waals surface area contributed by atoms with Crippen LogP contribution in [0.3, 0.4) is 0 Å². The highest BCUT2D eigenvalue weighted by Crippen LogP contribution is 2.34. The van der Waals surface area contributed by atoms with Gasteiger partial charge in [-0.05, 0) is 51.0 Å². The third-order valence-corrected chi connectivity index (χ3v) is 6.18. The molecule has 150 valence electrons. The van der Waals surface area contributed by atoms with E-state index in [0.717, 1.165) is 50.0 Å². The van der Waals surface area contributed by atoms with E-state index in [-0.39, 0.29) is 12.7 Å². The van der Waals surface area contributed by atoms with Gasteiger partial charge in [0.1, 0.15) is 11.7 Å². The minimum absolute atomic E-state index is 0.162. The van der Waals surface area contributed by atoms with E-state index in [1.807, 2.05) is 24.9 Å². The summed E-state index contributed by atoms with van der Waals surface area (Å²) in [5, 5.41) is 25.9. The van der Waals surface area contributed by atoms with Gasteiger partial charge in [-0.3, -0.25) is 4.65 Å². The van der Waals surface area contributed by atoms with Crippen LogP contribution in [0, 0.1) is 5.21 Å². The maximum absolute atomic E-state index is 13.5. The van der Waals surface area contributed by atoms with Crippen LogP contribution >= 0.6 is 11.3 Å². The number of hydrogen-bond acceptors (Lipinski definition) is 7. The van der Waals surface area contributed by atoms with E-state index in [1.165, 1.54) is 11.3 Å². The molecule has 0 bridgehead atoms. The van der Waals surface area contributed by atoms with Gasteiger partial charge in [0.25, 0.3) is 6.23 Å². The van der Waals surface area contributed by atoms with Crippen LogP contribution in [0.4, 0.5) is 9.93 Å². The maximum Gasteiger partial charge on any atom is 0.411 e. The van der Waals surface area contributed by atoms with Crippen molar-refractivity contribution in [2.24, 2.45) is 0 Å². The standard InChI is InChI=1S/C18H29N5O3S/c1-3-4-5-6-11-15-20-21-17(27-15)23(25)13-22(2)12-16(23)26-18(24)19-14-9-7-8-10-14/h3-4,14,16H,5-13H2,1-2H3,(H,19,24). The van der Waals surface area contributed by atoms with E-state index in [2.05, 4.69) is 21.6 Å². The number of ether oxygens (including phenoxy) is 1. The SMILES string of the molecule is CC=CCCCc1nnc([N+]2([O-])CN(C)CC2OC(=O)NC2CCCC2)s1. The summed E-state index contributed by atoms with van der Waals surface area (Å²) < 4.78 is 4.76. The lowest BCUT2D eigenvalue weighted by Gasteiger charge is -2.38. The Morgan fingerprint density at radius 2 is 2.22 bits per heavy atom. The highest BCUT2D eigenvalue weighted by atomic mass is 32.1. The van der Waals surface area contributed by atoms with E-state index in [0.29, 0.717) is 11.7 Å². The first-order chi connectivity index (χ1) is 13.0. The van der Waals surface area contributed by atoms with Crippen molar-refractivity contribution >= 4 is 22.6 Å². The lowest BCUT2D eigenvalue weighted by Crippen LogP contribution is -2.52. The Balaban J connectivity index is 1.62. The first-order valence-corrected chi connectivity index (χ1v) is 10.5. The third-order valence-electron chi connectivity index (χ3n) is 5.08. The number of aryl methyl sites for hydroxylation is 1. The summed E-state index contributed by atoms with van der Waals surface area (Å²) in [4.78, 5) is 14.1. The number of nitrogens with one attached hydrogen (secondary N) is 1. The van der Waals surface area contributed by atoms with Crippen LogP contribution in [-0.2, 0) is 11.2 Å². The largest absolute Gasteiger partial charge is 0.622 e. The number of hydroxylamine groups is 2. The summed E-state index contributed by atoms with van der Waals surface area (Å²) in [5.74, 6) is 0. The Hall–Kier alpha value is -1.55. The minimum Gasteiger partial charge on any atom is -0.622 e. The molecular weight excluding hydrogens is 366 g/mol. The van der Waals surface area contributed by atoms with Gasteiger partial charge in [-0.25, -0.2) is 9.69 Å². The van der Waals surface area contributed by atoms with E-state index in [4.69, 9.17) is 4.74 Å². The number of quaternary nitrogens is 1. The van der Waals surface area contributed by atoms with Crippen molar-refractivity contribution < 1.29 is 9.53 Å². The van der Waals surface area contributed by atoms with Crippen LogP contribution in [0.15, 0.2) is 12.2 Å². The molecule has 27 heavy (non-hydrogen) atoms. The molecule has 1 aromatic heterocycles. The van der Waals surface area contributed by atoms with Crippen LogP contribution in [0.5, 0.6) is 0 Å². The zero-order valence-electron chi connectivity index (χ0n) is 16.1. The number of alkyl carbamates (subject to hydrolysis) is 1. The van der Waals surface area contributed by atoms with Gasteiger partial charge >= 0.3 is 11.2 Å². The quantitative estimate of drug-likeness (QED) is 0.330. The number of amides is 1. The minimum atomic E-state index is -0.819. The zero-order chi connectivity index (χ0) is 19.3. The fourth-order valence-corrected chi connectivity index (χ4v) is 4.59. The van der Waals surface area contributed by atoms with Gasteiger partial charge in [-0.15, -0.1) is 5.10 Å². The molecule has 1 saturated carbocycles. The fourth-order valence-electron chi connectivity index (χ4n) is 3.64. The van der Waals surface area contributed by atoms with Crippen LogP contribution in [0.25, 0.3) is 0 Å². The Morgan fingerprint density at radius 3 is 2.96 bits per heavy atom. The van der Waals surface area contributed by atoms with Gasteiger partial charge in [-0.1, -0.05) is 30.1 Å². The van der Waals surface area contributed by atoms with Crippen molar-refractivity contribution in [3.8, 4) is 0 Å². The van der Waals surface area contributed by atoms with Crippen LogP contribution in [0.1, 0.15) is 50.5 Å². The number of carbonyl (C=O) groups is 1. The molecule has 1 aromatic rings. The molecule has 2 aliphatic rings. The van der Waals surface area contributed by atoms with Crippen LogP contribution < -0.4 is 9.96 Å². The summed E-state index contributed by atoms with van der Waals surface area (Å²) in [5.41, 5.74) is 0. The van der Waals surface area contributed by atoms with E-state index < -0.39 is 17.0 Å². The number of unbranched alkanes of at least 4 members (excludes halogenated alkanes) is 1. The van der Waals surface area contributed by atoms with E-state index >= 15 is 0 Å². The van der Waals surface area contributed by atoms with Gasteiger partial charge in [0.05, 0.1) is 6.54 Å². The normalized spacial score (nSPS) is 26.9. The van der Waals surface area contributed by atoms with Crippen molar-refractivity contribution in [1.82, 2.24) is 25.1 Å². The van der Waals surface area contributed by atoms with Gasteiger partial charge in [-0.2, -0.15) is 0 Å². The second-order valence-electron chi connectivity index (χ2n) is 7.40. The summed E-state index contributed by atoms with van der Waals surface area (Å²) in [6, 6.07) is 0.162. The van der Waals surface area contributed by atoms with Crippen LogP contribution in [0.2, 0.25) is 0 Å². The monoisotopic (exact) mass is 395 g/mol. The molecule has 1 amide bonds. The van der Waals surface area contributed by atoms with Gasteiger partial charge in [0, 0.05) is 12.5 Å². The molecule has 2 atom stereocenters. The van der Waals surface area contributed by atoms with Gasteiger partial charge < -0.3 is 15.3 Å². The molecule has 1 N–H and O–H groups in total. The van der Waals surface area contributed by atoms with Gasteiger partial charge in [0.15, 0.2) is 0 Å². The molecule has 2 fully saturated rings. The molecule has 9 heteroatoms. The fraction of sp³-hybridized carbons (Fsp3) is 0.722. The second-order valence-corrected chi connectivity index (χ2v) is 8.44. The molecule has 1 saturated heterocycles. The Labute approximate surface area is 164 Å². The maximum atomic E-state index is 13.5. The van der Waals surface area contributed by atoms with Crippen molar-refractivity contribution in [3.05, 3.63) is 22.4 Å². The second kappa shape index (κ2) is 9.09. The Bertz CT molecular complexity index is 661. The number of nitrogens with zero attached hydrogens (tertiary/aromatic N) is 4. The molecule has 0 radical (unpaired) electrons. The van der Waals surface area contributed by atoms with Crippen molar-refractivity contribution in [1.29, 1.82) is 0 Å². The van der Waals surface area contributed by atoms with E-state index in [1.54, 1.807) is 0 Å². The average molecular weight is 396 g/mol. The molecule has 0 spiro atoms. The molecule has 8 nitrogen and oxygen atoms in total. The van der Waals surface area contributed by atoms with Crippen molar-refractivity contribution in [2.75, 3.05) is 20.3 Å². The van der Waals surface area contributed by atoms with Crippen molar-refractivity contribution in [2.45, 2.75) is 64.1 Å². The van der Waals surface area contributed by atoms with Gasteiger partial charge in [0.2, 0.25) is 0 Å². The summed E-state index contributed by atoms with van der Waals surface area (Å²) >= 11 is 1.33. The first-order valence-electron chi connectivity index (χ1n) is 9.70. The van der Waals surface area contributed by atoms with Crippen molar-refractivity contribution in [3.63, 3.8) is 0 Å². The highest BCUT2D eigenvalue weighted by Gasteiger charge is 2.45. The number of likely N-dealkylation sites (N-methyl/N-ethyl adjacent to an activating group) is 1. The molecule has 0 aromatic carbocycles. The topological polar surface area (TPSA) is 90.4 Å². The molecule has 2 heterocycles. The number of rotatable bonds is 7. The molecule has 1 aliphatic heterocycles. The molecule has 3 rings (SSSR count). The highest BCUT2D eigenvalue weighted by molar-refractivity contribution is 7.15. The lowest BCUT2D eigenvalue weighted by atomic mass is 10.2. The number of carbonyl (C=O) groups excluding carboxylic acids is 1. The van der Waals surface area contributed by atoms with E-state index in [9.17, 15) is 10.0 Å². The molecule has 2 unspecified atom stereocenters. The predicted molar refractivity (Wildman–Crippen MR) is 106 cm³/mol. The molecule has 1 aliphatic carbocycles. The average Bonchev–Trinajstić information content (AvgIpc) is 3.34. The van der Waals surface area contributed by atoms with Crippen LogP contribution in [-0.4, -0.2) is 53.7 Å².